The Morgan fingerprint density at radius 3 is 2.64 bits per heavy atom. The molecule has 0 radical (unpaired) electrons. The molecule has 0 saturated heterocycles. The highest BCUT2D eigenvalue weighted by Crippen LogP contribution is 2.37. The largest absolute Gasteiger partial charge is 0.481 e. The van der Waals surface area contributed by atoms with E-state index in [9.17, 15) is 4.79 Å². The summed E-state index contributed by atoms with van der Waals surface area (Å²) in [5.41, 5.74) is 0. The van der Waals surface area contributed by atoms with Gasteiger partial charge in [-0.3, -0.25) is 4.79 Å². The minimum absolute atomic E-state index is 0.700. The molecule has 0 bridgehead atoms. The zero-order valence-corrected chi connectivity index (χ0v) is 7.84. The molecular formula is C7H6BrClO2. The zero-order chi connectivity index (χ0) is 8.48. The van der Waals surface area contributed by atoms with Crippen molar-refractivity contribution in [3.8, 4) is 0 Å². The lowest BCUT2D eigenvalue weighted by Gasteiger charge is -2.22. The second-order valence-corrected chi connectivity index (χ2v) is 4.63. The molecule has 0 aromatic rings. The molecule has 60 valence electrons. The molecule has 0 aliphatic heterocycles. The fourth-order valence-corrected chi connectivity index (χ4v) is 1.58. The van der Waals surface area contributed by atoms with Crippen LogP contribution in [-0.4, -0.2) is 14.9 Å². The minimum Gasteiger partial charge on any atom is -0.481 e. The molecule has 1 aliphatic rings. The predicted molar refractivity (Wildman–Crippen MR) is 46.9 cm³/mol. The Kier molecular flexibility index (Phi) is 2.40. The van der Waals surface area contributed by atoms with Gasteiger partial charge in [-0.05, 0) is 0 Å². The lowest BCUT2D eigenvalue weighted by molar-refractivity contribution is -0.140. The molecule has 1 aliphatic carbocycles. The van der Waals surface area contributed by atoms with Crippen molar-refractivity contribution in [1.29, 1.82) is 0 Å². The Labute approximate surface area is 77.7 Å². The zero-order valence-electron chi connectivity index (χ0n) is 5.50. The summed E-state index contributed by atoms with van der Waals surface area (Å²) in [4.78, 5) is 10.6. The molecule has 0 saturated carbocycles. The Balaban J connectivity index is 2.89. The predicted octanol–water partition coefficient (Wildman–Crippen LogP) is 2.14. The fraction of sp³-hybridized carbons (Fsp3) is 0.286. The first-order valence-electron chi connectivity index (χ1n) is 3.01. The topological polar surface area (TPSA) is 37.3 Å². The molecule has 1 rings (SSSR count). The smallest absolute Gasteiger partial charge is 0.313 e. The van der Waals surface area contributed by atoms with Crippen LogP contribution in [0.4, 0.5) is 0 Å². The molecule has 11 heavy (non-hydrogen) atoms. The van der Waals surface area contributed by atoms with E-state index in [2.05, 4.69) is 15.9 Å². The van der Waals surface area contributed by atoms with Crippen LogP contribution in [0.5, 0.6) is 0 Å². The Morgan fingerprint density at radius 2 is 2.27 bits per heavy atom. The second-order valence-electron chi connectivity index (χ2n) is 2.23. The fourth-order valence-electron chi connectivity index (χ4n) is 0.838. The summed E-state index contributed by atoms with van der Waals surface area (Å²) in [5.74, 6) is -1.63. The lowest BCUT2D eigenvalue weighted by Crippen LogP contribution is -2.29. The second kappa shape index (κ2) is 2.99. The van der Waals surface area contributed by atoms with E-state index in [1.165, 1.54) is 0 Å². The molecule has 2 atom stereocenters. The summed E-state index contributed by atoms with van der Waals surface area (Å²) in [6, 6.07) is 0. The van der Waals surface area contributed by atoms with Crippen LogP contribution in [0.15, 0.2) is 24.3 Å². The molecular weight excluding hydrogens is 231 g/mol. The number of aliphatic carboxylic acids is 1. The van der Waals surface area contributed by atoms with Gasteiger partial charge in [-0.1, -0.05) is 40.2 Å². The monoisotopic (exact) mass is 236 g/mol. The molecule has 0 fully saturated rings. The maximum Gasteiger partial charge on any atom is 0.313 e. The van der Waals surface area contributed by atoms with Crippen molar-refractivity contribution in [2.24, 2.45) is 5.92 Å². The average molecular weight is 237 g/mol. The number of alkyl halides is 2. The van der Waals surface area contributed by atoms with E-state index in [4.69, 9.17) is 16.7 Å². The van der Waals surface area contributed by atoms with Gasteiger partial charge in [0.25, 0.3) is 0 Å². The van der Waals surface area contributed by atoms with Crippen LogP contribution in [0, 0.1) is 5.92 Å². The van der Waals surface area contributed by atoms with Crippen LogP contribution in [0.1, 0.15) is 0 Å². The minimum atomic E-state index is -0.965. The van der Waals surface area contributed by atoms with Gasteiger partial charge in [0.2, 0.25) is 0 Å². The van der Waals surface area contributed by atoms with Gasteiger partial charge in [0.15, 0.2) is 0 Å². The summed E-state index contributed by atoms with van der Waals surface area (Å²) in [6.07, 6.45) is 6.53. The van der Waals surface area contributed by atoms with E-state index < -0.39 is 15.7 Å². The van der Waals surface area contributed by atoms with Gasteiger partial charge in [-0.15, -0.1) is 11.6 Å². The Hall–Kier alpha value is -0.280. The van der Waals surface area contributed by atoms with Gasteiger partial charge in [0.1, 0.15) is 9.70 Å². The lowest BCUT2D eigenvalue weighted by atomic mass is 10.0. The first kappa shape index (κ1) is 8.81. The van der Waals surface area contributed by atoms with Gasteiger partial charge in [0, 0.05) is 0 Å². The van der Waals surface area contributed by atoms with E-state index >= 15 is 0 Å². The number of hydrogen-bond donors (Lipinski definition) is 1. The van der Waals surface area contributed by atoms with Gasteiger partial charge in [0.05, 0.1) is 0 Å². The third-order valence-corrected chi connectivity index (χ3v) is 2.53. The van der Waals surface area contributed by atoms with Crippen molar-refractivity contribution in [1.82, 2.24) is 0 Å². The van der Waals surface area contributed by atoms with Crippen LogP contribution < -0.4 is 0 Å². The number of halogens is 2. The Morgan fingerprint density at radius 1 is 1.64 bits per heavy atom. The summed E-state index contributed by atoms with van der Waals surface area (Å²) in [5, 5.41) is 8.67. The molecule has 0 unspecified atom stereocenters. The normalized spacial score (nSPS) is 35.6. The van der Waals surface area contributed by atoms with Gasteiger partial charge >= 0.3 is 5.97 Å². The number of rotatable bonds is 1. The standard InChI is InChI=1S/C7H6BrClO2/c8-7(9)4-2-1-3-5(7)6(10)11/h1-5H,(H,10,11)/t5-,7+/m0/s1. The van der Waals surface area contributed by atoms with Gasteiger partial charge in [-0.2, -0.15) is 0 Å². The Bertz CT molecular complexity index is 233. The maximum atomic E-state index is 10.6. The highest BCUT2D eigenvalue weighted by atomic mass is 79.9. The molecule has 0 heterocycles. The number of hydrogen-bond acceptors (Lipinski definition) is 1. The third-order valence-electron chi connectivity index (χ3n) is 1.41. The molecule has 0 spiro atoms. The molecule has 1 N–H and O–H groups in total. The van der Waals surface area contributed by atoms with E-state index in [1.54, 1.807) is 24.3 Å². The van der Waals surface area contributed by atoms with Crippen molar-refractivity contribution in [3.05, 3.63) is 24.3 Å². The average Bonchev–Trinajstić information content (AvgIpc) is 1.85. The van der Waals surface area contributed by atoms with Crippen molar-refractivity contribution in [2.45, 2.75) is 3.78 Å². The molecule has 4 heteroatoms. The first-order valence-corrected chi connectivity index (χ1v) is 4.18. The summed E-state index contributed by atoms with van der Waals surface area (Å²) < 4.78 is -0.965. The van der Waals surface area contributed by atoms with Crippen molar-refractivity contribution in [3.63, 3.8) is 0 Å². The van der Waals surface area contributed by atoms with Crippen LogP contribution in [0.2, 0.25) is 0 Å². The summed E-state index contributed by atoms with van der Waals surface area (Å²) >= 11 is 8.94. The molecule has 0 amide bonds. The number of carbonyl (C=O) groups is 1. The van der Waals surface area contributed by atoms with Gasteiger partial charge < -0.3 is 5.11 Å². The SMILES string of the molecule is O=C(O)[C@@H]1C=CC=C[C@]1(Cl)Br. The number of allylic oxidation sites excluding steroid dienone is 3. The van der Waals surface area contributed by atoms with Crippen LogP contribution in [0.3, 0.4) is 0 Å². The van der Waals surface area contributed by atoms with E-state index in [0.29, 0.717) is 0 Å². The van der Waals surface area contributed by atoms with Crippen LogP contribution in [-0.2, 0) is 4.79 Å². The van der Waals surface area contributed by atoms with E-state index in [-0.39, 0.29) is 0 Å². The quantitative estimate of drug-likeness (QED) is 0.710. The van der Waals surface area contributed by atoms with Crippen LogP contribution in [0.25, 0.3) is 0 Å². The highest BCUT2D eigenvalue weighted by Gasteiger charge is 2.36. The molecule has 2 nitrogen and oxygen atoms in total. The molecule has 0 aromatic heterocycles. The first-order chi connectivity index (χ1) is 5.04. The van der Waals surface area contributed by atoms with Crippen LogP contribution >= 0.6 is 27.5 Å². The van der Waals surface area contributed by atoms with E-state index in [1.807, 2.05) is 0 Å². The van der Waals surface area contributed by atoms with Crippen molar-refractivity contribution in [2.75, 3.05) is 0 Å². The summed E-state index contributed by atoms with van der Waals surface area (Å²) in [6.45, 7) is 0. The summed E-state index contributed by atoms with van der Waals surface area (Å²) in [7, 11) is 0. The van der Waals surface area contributed by atoms with Gasteiger partial charge in [-0.25, -0.2) is 0 Å². The number of carboxylic acid groups (broad SMARTS) is 1. The van der Waals surface area contributed by atoms with Crippen molar-refractivity contribution < 1.29 is 9.90 Å². The maximum absolute atomic E-state index is 10.6. The molecule has 0 aromatic carbocycles. The number of carboxylic acids is 1. The van der Waals surface area contributed by atoms with E-state index in [0.717, 1.165) is 0 Å². The third kappa shape index (κ3) is 1.84. The highest BCUT2D eigenvalue weighted by molar-refractivity contribution is 9.10. The van der Waals surface area contributed by atoms with Crippen molar-refractivity contribution >= 4 is 33.5 Å².